The normalized spacial score (nSPS) is 10.5. The zero-order chi connectivity index (χ0) is 19.2. The zero-order valence-corrected chi connectivity index (χ0v) is 16.1. The van der Waals surface area contributed by atoms with E-state index in [1.165, 1.54) is 6.07 Å². The van der Waals surface area contributed by atoms with Gasteiger partial charge in [0, 0.05) is 17.8 Å². The molecule has 0 spiro atoms. The Bertz CT molecular complexity index is 896. The first-order chi connectivity index (χ1) is 13.1. The number of nitrogens with one attached hydrogen (secondary N) is 1. The van der Waals surface area contributed by atoms with E-state index in [0.717, 1.165) is 11.3 Å². The van der Waals surface area contributed by atoms with Crippen LogP contribution in [0.25, 0.3) is 0 Å². The van der Waals surface area contributed by atoms with E-state index >= 15 is 0 Å². The topological polar surface area (TPSA) is 30.5 Å². The van der Waals surface area contributed by atoms with Gasteiger partial charge in [0.25, 0.3) is 0 Å². The molecule has 0 aliphatic heterocycles. The number of halogens is 3. The van der Waals surface area contributed by atoms with Crippen LogP contribution in [-0.4, -0.2) is 7.11 Å². The smallest absolute Gasteiger partial charge is 0.137 e. The number of hydrogen-bond acceptors (Lipinski definition) is 3. The lowest BCUT2D eigenvalue weighted by atomic mass is 10.2. The van der Waals surface area contributed by atoms with Gasteiger partial charge in [-0.2, -0.15) is 0 Å². The van der Waals surface area contributed by atoms with Crippen molar-refractivity contribution in [1.82, 2.24) is 0 Å². The number of benzene rings is 3. The number of ether oxygens (including phenoxy) is 2. The van der Waals surface area contributed by atoms with E-state index < -0.39 is 0 Å². The molecule has 0 saturated carbocycles. The number of methoxy groups -OCH3 is 1. The van der Waals surface area contributed by atoms with E-state index in [2.05, 4.69) is 5.32 Å². The summed E-state index contributed by atoms with van der Waals surface area (Å²) in [7, 11) is 1.58. The van der Waals surface area contributed by atoms with Crippen LogP contribution in [0.2, 0.25) is 10.0 Å². The molecule has 0 aliphatic carbocycles. The van der Waals surface area contributed by atoms with Crippen LogP contribution in [0.15, 0.2) is 60.7 Å². The van der Waals surface area contributed by atoms with Crippen molar-refractivity contribution in [3.8, 4) is 11.5 Å². The Hall–Kier alpha value is -2.43. The summed E-state index contributed by atoms with van der Waals surface area (Å²) in [5, 5.41) is 4.21. The quantitative estimate of drug-likeness (QED) is 0.497. The van der Waals surface area contributed by atoms with E-state index in [9.17, 15) is 4.39 Å². The average molecular weight is 406 g/mol. The molecule has 3 nitrogen and oxygen atoms in total. The lowest BCUT2D eigenvalue weighted by Gasteiger charge is -2.11. The number of rotatable bonds is 7. The molecule has 140 valence electrons. The largest absolute Gasteiger partial charge is 0.495 e. The summed E-state index contributed by atoms with van der Waals surface area (Å²) in [4.78, 5) is 0. The molecule has 3 aromatic carbocycles. The van der Waals surface area contributed by atoms with Crippen LogP contribution in [0.4, 0.5) is 10.1 Å². The molecule has 0 aliphatic rings. The van der Waals surface area contributed by atoms with Gasteiger partial charge < -0.3 is 14.8 Å². The summed E-state index contributed by atoms with van der Waals surface area (Å²) < 4.78 is 24.5. The maximum Gasteiger partial charge on any atom is 0.137 e. The third-order valence-electron chi connectivity index (χ3n) is 4.02. The van der Waals surface area contributed by atoms with Gasteiger partial charge in [-0.3, -0.25) is 0 Å². The zero-order valence-electron chi connectivity index (χ0n) is 14.6. The van der Waals surface area contributed by atoms with Crippen LogP contribution < -0.4 is 14.8 Å². The van der Waals surface area contributed by atoms with Gasteiger partial charge in [0.1, 0.15) is 23.9 Å². The molecule has 0 fully saturated rings. The second-order valence-electron chi connectivity index (χ2n) is 5.84. The highest BCUT2D eigenvalue weighted by molar-refractivity contribution is 6.32. The van der Waals surface area contributed by atoms with E-state index in [1.54, 1.807) is 19.2 Å². The summed E-state index contributed by atoms with van der Waals surface area (Å²) >= 11 is 12.1. The van der Waals surface area contributed by atoms with Crippen molar-refractivity contribution >= 4 is 28.9 Å². The molecular weight excluding hydrogens is 388 g/mol. The Labute approximate surface area is 167 Å². The molecule has 6 heteroatoms. The maximum atomic E-state index is 13.8. The van der Waals surface area contributed by atoms with Gasteiger partial charge in [0.05, 0.1) is 17.2 Å². The van der Waals surface area contributed by atoms with Crippen LogP contribution in [0.5, 0.6) is 11.5 Å². The van der Waals surface area contributed by atoms with Crippen LogP contribution in [-0.2, 0) is 13.2 Å². The van der Waals surface area contributed by atoms with E-state index in [-0.39, 0.29) is 12.4 Å². The van der Waals surface area contributed by atoms with Crippen molar-refractivity contribution in [2.24, 2.45) is 0 Å². The summed E-state index contributed by atoms with van der Waals surface area (Å²) in [6, 6.07) is 17.7. The number of anilines is 1. The lowest BCUT2D eigenvalue weighted by molar-refractivity contribution is 0.300. The van der Waals surface area contributed by atoms with Gasteiger partial charge in [0.15, 0.2) is 0 Å². The van der Waals surface area contributed by atoms with E-state index in [4.69, 9.17) is 32.7 Å². The SMILES string of the molecule is COc1ccc(NCc2ccc(OCc3c(F)cccc3Cl)cc2)cc1Cl. The predicted molar refractivity (Wildman–Crippen MR) is 108 cm³/mol. The van der Waals surface area contributed by atoms with Gasteiger partial charge in [-0.15, -0.1) is 0 Å². The molecule has 0 unspecified atom stereocenters. The summed E-state index contributed by atoms with van der Waals surface area (Å²) in [5.41, 5.74) is 2.31. The van der Waals surface area contributed by atoms with Gasteiger partial charge in [0.2, 0.25) is 0 Å². The van der Waals surface area contributed by atoms with Crippen molar-refractivity contribution in [1.29, 1.82) is 0 Å². The van der Waals surface area contributed by atoms with E-state index in [1.807, 2.05) is 42.5 Å². The van der Waals surface area contributed by atoms with Crippen molar-refractivity contribution < 1.29 is 13.9 Å². The molecule has 3 aromatic rings. The molecule has 27 heavy (non-hydrogen) atoms. The first-order valence-electron chi connectivity index (χ1n) is 8.29. The van der Waals surface area contributed by atoms with Gasteiger partial charge >= 0.3 is 0 Å². The number of hydrogen-bond donors (Lipinski definition) is 1. The molecule has 0 atom stereocenters. The van der Waals surface area contributed by atoms with Crippen LogP contribution >= 0.6 is 23.2 Å². The highest BCUT2D eigenvalue weighted by atomic mass is 35.5. The van der Waals surface area contributed by atoms with Gasteiger partial charge in [-0.25, -0.2) is 4.39 Å². The average Bonchev–Trinajstić information content (AvgIpc) is 2.67. The minimum absolute atomic E-state index is 0.0768. The Morgan fingerprint density at radius 3 is 2.41 bits per heavy atom. The Kier molecular flexibility index (Phi) is 6.43. The van der Waals surface area contributed by atoms with Gasteiger partial charge in [-0.05, 0) is 48.0 Å². The maximum absolute atomic E-state index is 13.8. The third-order valence-corrected chi connectivity index (χ3v) is 4.67. The first-order valence-corrected chi connectivity index (χ1v) is 9.04. The minimum Gasteiger partial charge on any atom is -0.495 e. The fourth-order valence-electron chi connectivity index (χ4n) is 2.51. The summed E-state index contributed by atoms with van der Waals surface area (Å²) in [5.74, 6) is 0.908. The Balaban J connectivity index is 1.56. The van der Waals surface area contributed by atoms with Crippen LogP contribution in [0.1, 0.15) is 11.1 Å². The van der Waals surface area contributed by atoms with Crippen molar-refractivity contribution in [2.45, 2.75) is 13.2 Å². The van der Waals surface area contributed by atoms with Crippen molar-refractivity contribution in [2.75, 3.05) is 12.4 Å². The molecule has 0 bridgehead atoms. The molecule has 3 rings (SSSR count). The molecule has 1 N–H and O–H groups in total. The monoisotopic (exact) mass is 405 g/mol. The summed E-state index contributed by atoms with van der Waals surface area (Å²) in [6.07, 6.45) is 0. The molecule has 0 heterocycles. The second kappa shape index (κ2) is 8.98. The predicted octanol–water partition coefficient (Wildman–Crippen LogP) is 6.33. The second-order valence-corrected chi connectivity index (χ2v) is 6.65. The molecule has 0 saturated heterocycles. The Morgan fingerprint density at radius 1 is 0.963 bits per heavy atom. The minimum atomic E-state index is -0.374. The standard InChI is InChI=1S/C21H18Cl2FNO2/c1-26-21-10-7-15(11-19(21)23)25-12-14-5-8-16(9-6-14)27-13-17-18(22)3-2-4-20(17)24/h2-11,25H,12-13H2,1H3. The molecule has 0 radical (unpaired) electrons. The van der Waals surface area contributed by atoms with Crippen LogP contribution in [0.3, 0.4) is 0 Å². The lowest BCUT2D eigenvalue weighted by Crippen LogP contribution is -2.01. The molecular formula is C21H18Cl2FNO2. The highest BCUT2D eigenvalue weighted by Gasteiger charge is 2.08. The fourth-order valence-corrected chi connectivity index (χ4v) is 2.98. The fraction of sp³-hybridized carbons (Fsp3) is 0.143. The van der Waals surface area contributed by atoms with Crippen molar-refractivity contribution in [3.05, 3.63) is 87.7 Å². The summed E-state index contributed by atoms with van der Waals surface area (Å²) in [6.45, 7) is 0.704. The Morgan fingerprint density at radius 2 is 1.74 bits per heavy atom. The van der Waals surface area contributed by atoms with Gasteiger partial charge in [-0.1, -0.05) is 41.4 Å². The molecule has 0 aromatic heterocycles. The molecule has 0 amide bonds. The van der Waals surface area contributed by atoms with E-state index in [0.29, 0.717) is 33.7 Å². The highest BCUT2D eigenvalue weighted by Crippen LogP contribution is 2.27. The van der Waals surface area contributed by atoms with Crippen molar-refractivity contribution in [3.63, 3.8) is 0 Å². The van der Waals surface area contributed by atoms with Crippen LogP contribution in [0, 0.1) is 5.82 Å². The third kappa shape index (κ3) is 5.06. The first kappa shape index (κ1) is 19.3.